The van der Waals surface area contributed by atoms with Crippen molar-refractivity contribution >= 4 is 5.78 Å². The lowest BCUT2D eigenvalue weighted by atomic mass is 10.3. The smallest absolute Gasteiger partial charge is 0.214 e. The summed E-state index contributed by atoms with van der Waals surface area (Å²) in [5.74, 6) is 0.455. The van der Waals surface area contributed by atoms with Crippen LogP contribution in [0.3, 0.4) is 0 Å². The molecule has 0 N–H and O–H groups in total. The van der Waals surface area contributed by atoms with Gasteiger partial charge in [-0.1, -0.05) is 6.07 Å². The molecule has 0 atom stereocenters. The van der Waals surface area contributed by atoms with Crippen molar-refractivity contribution in [3.63, 3.8) is 0 Å². The second-order valence-corrected chi connectivity index (χ2v) is 3.08. The number of hydrogen-bond donors (Lipinski definition) is 0. The maximum Gasteiger partial charge on any atom is 0.214 e. The zero-order valence-electron chi connectivity index (χ0n) is 8.07. The summed E-state index contributed by atoms with van der Waals surface area (Å²) in [5, 5.41) is 0. The number of aromatic nitrogens is 1. The van der Waals surface area contributed by atoms with Crippen molar-refractivity contribution in [2.75, 3.05) is 0 Å². The Morgan fingerprint density at radius 1 is 1.46 bits per heavy atom. The van der Waals surface area contributed by atoms with Crippen LogP contribution in [-0.2, 0) is 0 Å². The first-order chi connectivity index (χ1) is 6.09. The van der Waals surface area contributed by atoms with E-state index in [4.69, 9.17) is 4.74 Å². The molecule has 0 saturated heterocycles. The van der Waals surface area contributed by atoms with E-state index in [0.29, 0.717) is 11.6 Å². The number of nitrogens with zero attached hydrogens (tertiary/aromatic N) is 1. The molecule has 0 bridgehead atoms. The van der Waals surface area contributed by atoms with Gasteiger partial charge in [0.1, 0.15) is 5.69 Å². The first-order valence-electron chi connectivity index (χ1n) is 4.24. The Morgan fingerprint density at radius 2 is 2.15 bits per heavy atom. The topological polar surface area (TPSA) is 39.2 Å². The Balaban J connectivity index is 2.85. The van der Waals surface area contributed by atoms with E-state index in [1.54, 1.807) is 18.2 Å². The molecule has 1 heterocycles. The van der Waals surface area contributed by atoms with Crippen LogP contribution in [-0.4, -0.2) is 16.9 Å². The fourth-order valence-electron chi connectivity index (χ4n) is 0.918. The number of hydrogen-bond acceptors (Lipinski definition) is 3. The van der Waals surface area contributed by atoms with Gasteiger partial charge in [-0.2, -0.15) is 0 Å². The van der Waals surface area contributed by atoms with Gasteiger partial charge in [0.15, 0.2) is 5.78 Å². The Hall–Kier alpha value is -1.38. The third-order valence-corrected chi connectivity index (χ3v) is 1.44. The lowest BCUT2D eigenvalue weighted by Gasteiger charge is -2.08. The zero-order valence-corrected chi connectivity index (χ0v) is 8.07. The molecule has 70 valence electrons. The van der Waals surface area contributed by atoms with Gasteiger partial charge < -0.3 is 4.74 Å². The van der Waals surface area contributed by atoms with E-state index in [9.17, 15) is 4.79 Å². The Kier molecular flexibility index (Phi) is 3.01. The first-order valence-corrected chi connectivity index (χ1v) is 4.24. The monoisotopic (exact) mass is 179 g/mol. The van der Waals surface area contributed by atoms with E-state index in [1.165, 1.54) is 6.92 Å². The van der Waals surface area contributed by atoms with Gasteiger partial charge in [-0.25, -0.2) is 4.98 Å². The maximum atomic E-state index is 11.0. The molecule has 0 amide bonds. The lowest BCUT2D eigenvalue weighted by Crippen LogP contribution is -2.08. The van der Waals surface area contributed by atoms with Crippen LogP contribution in [0.5, 0.6) is 5.88 Å². The van der Waals surface area contributed by atoms with Crippen molar-refractivity contribution < 1.29 is 9.53 Å². The largest absolute Gasteiger partial charge is 0.475 e. The summed E-state index contributed by atoms with van der Waals surface area (Å²) in [6, 6.07) is 5.18. The lowest BCUT2D eigenvalue weighted by molar-refractivity contribution is 0.101. The van der Waals surface area contributed by atoms with Gasteiger partial charge in [0.25, 0.3) is 0 Å². The molecular formula is C10H13NO2. The van der Waals surface area contributed by atoms with Crippen molar-refractivity contribution in [3.05, 3.63) is 23.9 Å². The van der Waals surface area contributed by atoms with Crippen molar-refractivity contribution in [1.82, 2.24) is 4.98 Å². The molecule has 1 rings (SSSR count). The summed E-state index contributed by atoms with van der Waals surface area (Å²) in [6.07, 6.45) is 0.0784. The first kappa shape index (κ1) is 9.71. The molecule has 0 fully saturated rings. The second-order valence-electron chi connectivity index (χ2n) is 3.08. The van der Waals surface area contributed by atoms with Crippen LogP contribution in [0.2, 0.25) is 0 Å². The summed E-state index contributed by atoms with van der Waals surface area (Å²) in [4.78, 5) is 15.0. The standard InChI is InChI=1S/C10H13NO2/c1-7(2)13-10-6-4-5-9(11-10)8(3)12/h4-7H,1-3H3. The summed E-state index contributed by atoms with van der Waals surface area (Å²) >= 11 is 0. The van der Waals surface area contributed by atoms with Gasteiger partial charge in [0.2, 0.25) is 5.88 Å². The van der Waals surface area contributed by atoms with E-state index >= 15 is 0 Å². The molecule has 0 unspecified atom stereocenters. The van der Waals surface area contributed by atoms with E-state index in [0.717, 1.165) is 0 Å². The van der Waals surface area contributed by atoms with E-state index in [2.05, 4.69) is 4.98 Å². The van der Waals surface area contributed by atoms with Crippen molar-refractivity contribution in [1.29, 1.82) is 0 Å². The number of Topliss-reactive ketones (excluding diaryl/α,β-unsaturated/α-hetero) is 1. The van der Waals surface area contributed by atoms with Crippen molar-refractivity contribution in [2.45, 2.75) is 26.9 Å². The Morgan fingerprint density at radius 3 is 2.69 bits per heavy atom. The number of carbonyl (C=O) groups excluding carboxylic acids is 1. The summed E-state index contributed by atoms with van der Waals surface area (Å²) < 4.78 is 5.34. The molecule has 0 aliphatic carbocycles. The van der Waals surface area contributed by atoms with Gasteiger partial charge in [-0.15, -0.1) is 0 Å². The highest BCUT2D eigenvalue weighted by atomic mass is 16.5. The number of carbonyl (C=O) groups is 1. The van der Waals surface area contributed by atoms with Crippen LogP contribution < -0.4 is 4.74 Å². The number of ketones is 1. The highest BCUT2D eigenvalue weighted by Gasteiger charge is 2.03. The Bertz CT molecular complexity index is 308. The van der Waals surface area contributed by atoms with Crippen LogP contribution in [0.15, 0.2) is 18.2 Å². The average Bonchev–Trinajstić information content (AvgIpc) is 2.03. The van der Waals surface area contributed by atoms with E-state index < -0.39 is 0 Å². The second kappa shape index (κ2) is 4.03. The van der Waals surface area contributed by atoms with Crippen LogP contribution >= 0.6 is 0 Å². The highest BCUT2D eigenvalue weighted by Crippen LogP contribution is 2.09. The zero-order chi connectivity index (χ0) is 9.84. The molecule has 1 aromatic rings. The molecule has 0 aliphatic heterocycles. The minimum atomic E-state index is -0.0470. The molecule has 0 spiro atoms. The minimum absolute atomic E-state index is 0.0470. The molecular weight excluding hydrogens is 166 g/mol. The highest BCUT2D eigenvalue weighted by molar-refractivity contribution is 5.92. The predicted molar refractivity (Wildman–Crippen MR) is 50.0 cm³/mol. The summed E-state index contributed by atoms with van der Waals surface area (Å²) in [7, 11) is 0. The molecule has 1 aromatic heterocycles. The van der Waals surface area contributed by atoms with Crippen LogP contribution in [0.4, 0.5) is 0 Å². The van der Waals surface area contributed by atoms with Gasteiger partial charge >= 0.3 is 0 Å². The number of ether oxygens (including phenoxy) is 1. The van der Waals surface area contributed by atoms with Gasteiger partial charge in [0, 0.05) is 13.0 Å². The Labute approximate surface area is 77.8 Å². The molecule has 3 nitrogen and oxygen atoms in total. The number of rotatable bonds is 3. The maximum absolute atomic E-state index is 11.0. The van der Waals surface area contributed by atoms with Crippen LogP contribution in [0.25, 0.3) is 0 Å². The molecule has 0 saturated carbocycles. The molecule has 13 heavy (non-hydrogen) atoms. The summed E-state index contributed by atoms with van der Waals surface area (Å²) in [6.45, 7) is 5.33. The molecule has 0 radical (unpaired) electrons. The van der Waals surface area contributed by atoms with Crippen LogP contribution in [0, 0.1) is 0 Å². The number of pyridine rings is 1. The van der Waals surface area contributed by atoms with E-state index in [1.807, 2.05) is 13.8 Å². The van der Waals surface area contributed by atoms with Gasteiger partial charge in [0.05, 0.1) is 6.10 Å². The van der Waals surface area contributed by atoms with Crippen LogP contribution in [0.1, 0.15) is 31.3 Å². The van der Waals surface area contributed by atoms with Gasteiger partial charge in [-0.3, -0.25) is 4.79 Å². The third kappa shape index (κ3) is 2.86. The average molecular weight is 179 g/mol. The molecule has 3 heteroatoms. The molecule has 0 aromatic carbocycles. The fraction of sp³-hybridized carbons (Fsp3) is 0.400. The SMILES string of the molecule is CC(=O)c1cccc(OC(C)C)n1. The third-order valence-electron chi connectivity index (χ3n) is 1.44. The normalized spacial score (nSPS) is 10.2. The summed E-state index contributed by atoms with van der Waals surface area (Å²) in [5.41, 5.74) is 0.443. The predicted octanol–water partition coefficient (Wildman–Crippen LogP) is 2.07. The van der Waals surface area contributed by atoms with E-state index in [-0.39, 0.29) is 11.9 Å². The van der Waals surface area contributed by atoms with Crippen molar-refractivity contribution in [2.24, 2.45) is 0 Å². The van der Waals surface area contributed by atoms with Crippen molar-refractivity contribution in [3.8, 4) is 5.88 Å². The van der Waals surface area contributed by atoms with Gasteiger partial charge in [-0.05, 0) is 19.9 Å². The quantitative estimate of drug-likeness (QED) is 0.667. The fourth-order valence-corrected chi connectivity index (χ4v) is 0.918. The minimum Gasteiger partial charge on any atom is -0.475 e. The molecule has 0 aliphatic rings.